The first-order chi connectivity index (χ1) is 29.8. The molecule has 4 aliphatic rings. The van der Waals surface area contributed by atoms with Crippen molar-refractivity contribution in [2.45, 2.75) is 58.3 Å². The molecule has 13 nitrogen and oxygen atoms in total. The minimum Gasteiger partial charge on any atom is -0.464 e. The second kappa shape index (κ2) is 16.0. The predicted molar refractivity (Wildman–Crippen MR) is 242 cm³/mol. The van der Waals surface area contributed by atoms with E-state index in [1.807, 2.05) is 43.0 Å². The number of likely N-dealkylation sites (tertiary alicyclic amines) is 1. The Morgan fingerprint density at radius 1 is 0.984 bits per heavy atom. The maximum Gasteiger partial charge on any atom is 0.343 e. The summed E-state index contributed by atoms with van der Waals surface area (Å²) in [5.74, 6) is -1.13. The number of ether oxygens (including phenoxy) is 3. The standard InChI is InChI=1S/C47H45N5O8S2/c1-5-31-32-20-30(9-10-38(32)48-42-35(31)22-51-39(42)21-37-36(43(51)55)25-59-46(56)47(37,57)6-2)60-40(53)13-16-50-14-11-26(12-15-50)24-58-41(54)23-52-44(61)33-18-27-7-8-29(49(3)4)17-28(27)19-34(33)45(52)62/h7-10,13,16-21,26,57H,5-6,11-12,14-15,22-25H2,1-4H3/b16-13+/t47-/m0/s1. The number of carbonyl (C=O) groups is 3. The third-order valence-electron chi connectivity index (χ3n) is 12.6. The fourth-order valence-corrected chi connectivity index (χ4v) is 9.73. The van der Waals surface area contributed by atoms with Crippen LogP contribution in [0.2, 0.25) is 0 Å². The summed E-state index contributed by atoms with van der Waals surface area (Å²) in [6, 6.07) is 17.3. The molecule has 2 aromatic heterocycles. The maximum absolute atomic E-state index is 13.7. The smallest absolute Gasteiger partial charge is 0.343 e. The number of piperidine rings is 1. The van der Waals surface area contributed by atoms with Crippen LogP contribution in [0.15, 0.2) is 71.7 Å². The first-order valence-electron chi connectivity index (χ1n) is 20.8. The molecule has 0 amide bonds. The highest BCUT2D eigenvalue weighted by Crippen LogP contribution is 2.41. The van der Waals surface area contributed by atoms with Gasteiger partial charge in [0.05, 0.1) is 35.6 Å². The van der Waals surface area contributed by atoms with Crippen LogP contribution in [0.1, 0.15) is 66.5 Å². The Hall–Kier alpha value is -6.03. The molecule has 1 saturated heterocycles. The number of fused-ring (bicyclic) bond motifs is 7. The lowest BCUT2D eigenvalue weighted by Gasteiger charge is -2.31. The minimum absolute atomic E-state index is 0.0482. The fourth-order valence-electron chi connectivity index (χ4n) is 9.02. The van der Waals surface area contributed by atoms with Gasteiger partial charge in [-0.15, -0.1) is 0 Å². The van der Waals surface area contributed by atoms with Gasteiger partial charge in [0.25, 0.3) is 5.56 Å². The summed E-state index contributed by atoms with van der Waals surface area (Å²) in [5.41, 5.74) is 4.76. The van der Waals surface area contributed by atoms with E-state index in [2.05, 4.69) is 18.2 Å². The highest BCUT2D eigenvalue weighted by atomic mass is 32.1. The lowest BCUT2D eigenvalue weighted by atomic mass is 9.86. The van der Waals surface area contributed by atoms with Gasteiger partial charge in [-0.25, -0.2) is 14.6 Å². The number of aromatic nitrogens is 2. The number of hydrogen-bond acceptors (Lipinski definition) is 13. The van der Waals surface area contributed by atoms with E-state index in [1.165, 1.54) is 6.08 Å². The Balaban J connectivity index is 0.790. The number of hydrogen-bond donors (Lipinski definition) is 1. The van der Waals surface area contributed by atoms with Gasteiger partial charge in [0, 0.05) is 72.8 Å². The van der Waals surface area contributed by atoms with Gasteiger partial charge >= 0.3 is 17.9 Å². The van der Waals surface area contributed by atoms with Gasteiger partial charge in [-0.1, -0.05) is 44.3 Å². The van der Waals surface area contributed by atoms with Gasteiger partial charge in [-0.2, -0.15) is 0 Å². The van der Waals surface area contributed by atoms with Crippen molar-refractivity contribution in [3.63, 3.8) is 0 Å². The zero-order valence-corrected chi connectivity index (χ0v) is 36.5. The molecule has 0 unspecified atom stereocenters. The Kier molecular flexibility index (Phi) is 10.7. The number of aliphatic hydroxyl groups is 1. The Morgan fingerprint density at radius 2 is 1.73 bits per heavy atom. The number of rotatable bonds is 10. The molecule has 0 spiro atoms. The van der Waals surface area contributed by atoms with Gasteiger partial charge in [0.1, 0.15) is 28.9 Å². The van der Waals surface area contributed by atoms with E-state index < -0.39 is 17.5 Å². The summed E-state index contributed by atoms with van der Waals surface area (Å²) < 4.78 is 18.3. The summed E-state index contributed by atoms with van der Waals surface area (Å²) in [6.07, 6.45) is 5.41. The van der Waals surface area contributed by atoms with E-state index in [-0.39, 0.29) is 54.7 Å². The van der Waals surface area contributed by atoms with Crippen LogP contribution in [0.25, 0.3) is 33.1 Å². The maximum atomic E-state index is 13.7. The average Bonchev–Trinajstić information content (AvgIpc) is 3.74. The molecule has 1 fully saturated rings. The summed E-state index contributed by atoms with van der Waals surface area (Å²) >= 11 is 11.5. The van der Waals surface area contributed by atoms with Gasteiger partial charge in [-0.3, -0.25) is 9.59 Å². The number of esters is 3. The number of nitrogens with zero attached hydrogens (tertiary/aromatic N) is 5. The molecule has 318 valence electrons. The summed E-state index contributed by atoms with van der Waals surface area (Å²) in [4.78, 5) is 64.1. The van der Waals surface area contributed by atoms with Crippen LogP contribution >= 0.6 is 24.4 Å². The normalized spacial score (nSPS) is 18.2. The minimum atomic E-state index is -1.90. The summed E-state index contributed by atoms with van der Waals surface area (Å²) in [5, 5.41) is 14.1. The van der Waals surface area contributed by atoms with Crippen molar-refractivity contribution >= 4 is 79.7 Å². The number of cyclic esters (lactones) is 1. The van der Waals surface area contributed by atoms with E-state index in [4.69, 9.17) is 43.6 Å². The number of benzene rings is 3. The van der Waals surface area contributed by atoms with Gasteiger partial charge in [0.2, 0.25) is 0 Å². The average molecular weight is 872 g/mol. The molecule has 0 aliphatic carbocycles. The molecule has 0 bridgehead atoms. The monoisotopic (exact) mass is 871 g/mol. The molecule has 1 atom stereocenters. The second-order valence-electron chi connectivity index (χ2n) is 16.5. The summed E-state index contributed by atoms with van der Waals surface area (Å²) in [7, 11) is 4.00. The molecular weight excluding hydrogens is 827 g/mol. The molecule has 15 heteroatoms. The van der Waals surface area contributed by atoms with E-state index in [1.54, 1.807) is 46.9 Å². The molecule has 4 aliphatic heterocycles. The van der Waals surface area contributed by atoms with Crippen LogP contribution in [0.5, 0.6) is 5.75 Å². The van der Waals surface area contributed by atoms with Gasteiger partial charge < -0.3 is 38.6 Å². The van der Waals surface area contributed by atoms with E-state index in [0.717, 1.165) is 56.9 Å². The number of anilines is 1. The zero-order valence-electron chi connectivity index (χ0n) is 34.9. The van der Waals surface area contributed by atoms with Crippen LogP contribution in [0, 0.1) is 5.92 Å². The molecule has 9 rings (SSSR count). The molecule has 0 saturated carbocycles. The first-order valence-corrected chi connectivity index (χ1v) is 21.6. The molecule has 6 heterocycles. The van der Waals surface area contributed by atoms with E-state index in [0.29, 0.717) is 58.7 Å². The van der Waals surface area contributed by atoms with Gasteiger partial charge in [-0.05, 0) is 96.5 Å². The molecule has 3 aromatic carbocycles. The number of carbonyl (C=O) groups excluding carboxylic acids is 3. The molecule has 5 aromatic rings. The Bertz CT molecular complexity index is 2860. The van der Waals surface area contributed by atoms with Crippen molar-refractivity contribution < 1.29 is 33.7 Å². The van der Waals surface area contributed by atoms with Crippen molar-refractivity contribution in [3.05, 3.63) is 111 Å². The van der Waals surface area contributed by atoms with E-state index >= 15 is 0 Å². The first kappa shape index (κ1) is 41.3. The molecule has 62 heavy (non-hydrogen) atoms. The third-order valence-corrected chi connectivity index (χ3v) is 13.5. The van der Waals surface area contributed by atoms with E-state index in [9.17, 15) is 24.3 Å². The highest BCUT2D eigenvalue weighted by molar-refractivity contribution is 7.82. The summed E-state index contributed by atoms with van der Waals surface area (Å²) in [6.45, 7) is 5.39. The van der Waals surface area contributed by atoms with Crippen molar-refractivity contribution in [2.24, 2.45) is 5.92 Å². The zero-order chi connectivity index (χ0) is 43.6. The van der Waals surface area contributed by atoms with Crippen molar-refractivity contribution in [3.8, 4) is 17.1 Å². The molecule has 0 radical (unpaired) electrons. The van der Waals surface area contributed by atoms with Crippen molar-refractivity contribution in [1.29, 1.82) is 0 Å². The number of thiocarbonyl (C=S) groups is 2. The van der Waals surface area contributed by atoms with Crippen molar-refractivity contribution in [2.75, 3.05) is 45.2 Å². The quantitative estimate of drug-likeness (QED) is 0.0755. The number of pyridine rings is 2. The molecular formula is C47H45N5O8S2. The largest absolute Gasteiger partial charge is 0.464 e. The Morgan fingerprint density at radius 3 is 2.44 bits per heavy atom. The third kappa shape index (κ3) is 7.11. The van der Waals surface area contributed by atoms with Crippen molar-refractivity contribution in [1.82, 2.24) is 19.4 Å². The van der Waals surface area contributed by atoms with Crippen LogP contribution in [-0.2, 0) is 49.0 Å². The van der Waals surface area contributed by atoms with Crippen LogP contribution in [0.3, 0.4) is 0 Å². The van der Waals surface area contributed by atoms with Crippen LogP contribution in [0.4, 0.5) is 5.69 Å². The fraction of sp³-hybridized carbons (Fsp3) is 0.340. The SMILES string of the molecule is CCc1c2c(nc3ccc(OC(=O)/C=C/N4CCC(COC(=O)CN5C(=S)c6cc7ccc(N(C)C)cc7cc6C5=S)CC4)cc13)-c1cc3c(c(=O)n1C2)COC(=O)[C@]3(O)CC. The lowest BCUT2D eigenvalue weighted by Crippen LogP contribution is -2.44. The number of aryl methyl sites for hydroxylation is 1. The van der Waals surface area contributed by atoms with Gasteiger partial charge in [0.15, 0.2) is 5.60 Å². The molecule has 1 N–H and O–H groups in total. The van der Waals surface area contributed by atoms with Crippen LogP contribution < -0.4 is 15.2 Å². The second-order valence-corrected chi connectivity index (χ2v) is 17.2. The van der Waals surface area contributed by atoms with Crippen LogP contribution in [-0.4, -0.2) is 92.7 Å². The Labute approximate surface area is 368 Å². The topological polar surface area (TPSA) is 144 Å². The predicted octanol–water partition coefficient (Wildman–Crippen LogP) is 5.90. The lowest BCUT2D eigenvalue weighted by molar-refractivity contribution is -0.172. The highest BCUT2D eigenvalue weighted by Gasteiger charge is 2.45.